The Kier molecular flexibility index (Phi) is 4.82. The van der Waals surface area contributed by atoms with E-state index in [1.54, 1.807) is 0 Å². The van der Waals surface area contributed by atoms with Crippen LogP contribution in [0.5, 0.6) is 0 Å². The molecule has 0 bridgehead atoms. The maximum absolute atomic E-state index is 12.2. The SMILES string of the molecule is CC(C)(C)OC(=O)N1CCC2(CC1)CC(Nc1ccccc1Br)C2. The molecule has 1 aromatic carbocycles. The Labute approximate surface area is 153 Å². The number of nitrogens with zero attached hydrogens (tertiary/aromatic N) is 1. The Balaban J connectivity index is 1.47. The van der Waals surface area contributed by atoms with Crippen LogP contribution in [0.1, 0.15) is 46.5 Å². The maximum atomic E-state index is 12.2. The molecule has 1 saturated heterocycles. The van der Waals surface area contributed by atoms with Gasteiger partial charge < -0.3 is 15.0 Å². The Morgan fingerprint density at radius 2 is 1.88 bits per heavy atom. The van der Waals surface area contributed by atoms with E-state index in [0.717, 1.165) is 30.4 Å². The average molecular weight is 395 g/mol. The number of carbonyl (C=O) groups is 1. The van der Waals surface area contributed by atoms with E-state index in [-0.39, 0.29) is 6.09 Å². The summed E-state index contributed by atoms with van der Waals surface area (Å²) >= 11 is 3.59. The zero-order valence-corrected chi connectivity index (χ0v) is 16.4. The van der Waals surface area contributed by atoms with Crippen molar-refractivity contribution in [2.75, 3.05) is 18.4 Å². The lowest BCUT2D eigenvalue weighted by Crippen LogP contribution is -2.53. The van der Waals surface area contributed by atoms with E-state index in [0.29, 0.717) is 11.5 Å². The fourth-order valence-corrected chi connectivity index (χ4v) is 4.18. The van der Waals surface area contributed by atoms with Crippen molar-refractivity contribution in [3.05, 3.63) is 28.7 Å². The number of ether oxygens (including phenoxy) is 1. The van der Waals surface area contributed by atoms with Crippen LogP contribution in [0.4, 0.5) is 10.5 Å². The van der Waals surface area contributed by atoms with Crippen molar-refractivity contribution in [2.45, 2.75) is 58.1 Å². The number of benzene rings is 1. The van der Waals surface area contributed by atoms with Crippen LogP contribution >= 0.6 is 15.9 Å². The highest BCUT2D eigenvalue weighted by atomic mass is 79.9. The number of piperidine rings is 1. The Hall–Kier alpha value is -1.23. The fourth-order valence-electron chi connectivity index (χ4n) is 3.78. The van der Waals surface area contributed by atoms with E-state index < -0.39 is 5.60 Å². The molecular weight excluding hydrogens is 368 g/mol. The van der Waals surface area contributed by atoms with E-state index in [9.17, 15) is 4.79 Å². The van der Waals surface area contributed by atoms with Gasteiger partial charge in [-0.05, 0) is 79.9 Å². The van der Waals surface area contributed by atoms with Gasteiger partial charge >= 0.3 is 6.09 Å². The van der Waals surface area contributed by atoms with Crippen molar-refractivity contribution < 1.29 is 9.53 Å². The molecule has 3 rings (SSSR count). The minimum absolute atomic E-state index is 0.167. The summed E-state index contributed by atoms with van der Waals surface area (Å²) < 4.78 is 6.60. The van der Waals surface area contributed by atoms with Crippen molar-refractivity contribution >= 4 is 27.7 Å². The molecule has 1 heterocycles. The maximum Gasteiger partial charge on any atom is 0.410 e. The quantitative estimate of drug-likeness (QED) is 0.763. The fraction of sp³-hybridized carbons (Fsp3) is 0.632. The lowest BCUT2D eigenvalue weighted by atomic mass is 9.60. The molecule has 2 fully saturated rings. The minimum Gasteiger partial charge on any atom is -0.444 e. The molecule has 24 heavy (non-hydrogen) atoms. The lowest BCUT2D eigenvalue weighted by molar-refractivity contribution is -0.00860. The van der Waals surface area contributed by atoms with Crippen molar-refractivity contribution in [2.24, 2.45) is 5.41 Å². The van der Waals surface area contributed by atoms with Gasteiger partial charge in [-0.15, -0.1) is 0 Å². The van der Waals surface area contributed by atoms with Gasteiger partial charge in [0.2, 0.25) is 0 Å². The van der Waals surface area contributed by atoms with Crippen LogP contribution < -0.4 is 5.32 Å². The van der Waals surface area contributed by atoms with E-state index >= 15 is 0 Å². The van der Waals surface area contributed by atoms with Gasteiger partial charge in [0.05, 0.1) is 0 Å². The smallest absolute Gasteiger partial charge is 0.410 e. The van der Waals surface area contributed by atoms with E-state index in [1.807, 2.05) is 31.7 Å². The summed E-state index contributed by atoms with van der Waals surface area (Å²) in [6.07, 6.45) is 4.38. The van der Waals surface area contributed by atoms with Crippen LogP contribution in [-0.4, -0.2) is 35.7 Å². The molecular formula is C19H27BrN2O2. The molecule has 1 aromatic rings. The van der Waals surface area contributed by atoms with Gasteiger partial charge in [0, 0.05) is 29.3 Å². The molecule has 1 amide bonds. The summed E-state index contributed by atoms with van der Waals surface area (Å²) in [5.74, 6) is 0. The van der Waals surface area contributed by atoms with Crippen molar-refractivity contribution in [3.8, 4) is 0 Å². The second-order valence-corrected chi connectivity index (χ2v) is 9.05. The standard InChI is InChI=1S/C19H27BrN2O2/c1-18(2,3)24-17(23)22-10-8-19(9-11-22)12-14(13-19)21-16-7-5-4-6-15(16)20/h4-7,14,21H,8-13H2,1-3H3. The predicted molar refractivity (Wildman–Crippen MR) is 100 cm³/mol. The number of para-hydroxylation sites is 1. The van der Waals surface area contributed by atoms with Crippen LogP contribution in [-0.2, 0) is 4.74 Å². The minimum atomic E-state index is -0.416. The molecule has 1 aliphatic carbocycles. The molecule has 0 unspecified atom stereocenters. The highest BCUT2D eigenvalue weighted by Gasteiger charge is 2.46. The average Bonchev–Trinajstić information content (AvgIpc) is 2.47. The normalized spacial score (nSPS) is 20.6. The van der Waals surface area contributed by atoms with Crippen molar-refractivity contribution in [1.82, 2.24) is 4.90 Å². The zero-order chi connectivity index (χ0) is 17.4. The number of anilines is 1. The Morgan fingerprint density at radius 3 is 2.46 bits per heavy atom. The highest BCUT2D eigenvalue weighted by molar-refractivity contribution is 9.10. The molecule has 2 aliphatic rings. The van der Waals surface area contributed by atoms with E-state index in [4.69, 9.17) is 4.74 Å². The number of carbonyl (C=O) groups excluding carboxylic acids is 1. The highest BCUT2D eigenvalue weighted by Crippen LogP contribution is 2.50. The number of halogens is 1. The van der Waals surface area contributed by atoms with Crippen LogP contribution in [0.3, 0.4) is 0 Å². The first kappa shape index (κ1) is 17.6. The topological polar surface area (TPSA) is 41.6 Å². The van der Waals surface area contributed by atoms with Gasteiger partial charge in [0.15, 0.2) is 0 Å². The second kappa shape index (κ2) is 6.58. The predicted octanol–water partition coefficient (Wildman–Crippen LogP) is 5.04. The van der Waals surface area contributed by atoms with Gasteiger partial charge in [-0.25, -0.2) is 4.79 Å². The molecule has 4 nitrogen and oxygen atoms in total. The second-order valence-electron chi connectivity index (χ2n) is 8.20. The molecule has 1 spiro atoms. The molecule has 0 atom stereocenters. The largest absolute Gasteiger partial charge is 0.444 e. The summed E-state index contributed by atoms with van der Waals surface area (Å²) in [6, 6.07) is 8.80. The number of rotatable bonds is 2. The summed E-state index contributed by atoms with van der Waals surface area (Å²) in [5.41, 5.74) is 1.17. The zero-order valence-electron chi connectivity index (χ0n) is 14.8. The van der Waals surface area contributed by atoms with Crippen LogP contribution in [0.25, 0.3) is 0 Å². The van der Waals surface area contributed by atoms with Crippen LogP contribution in [0.15, 0.2) is 28.7 Å². The van der Waals surface area contributed by atoms with Gasteiger partial charge in [0.25, 0.3) is 0 Å². The number of hydrogen-bond acceptors (Lipinski definition) is 3. The lowest BCUT2D eigenvalue weighted by Gasteiger charge is -2.52. The molecule has 132 valence electrons. The first-order valence-electron chi connectivity index (χ1n) is 8.75. The van der Waals surface area contributed by atoms with Crippen LogP contribution in [0, 0.1) is 5.41 Å². The third kappa shape index (κ3) is 4.05. The number of nitrogens with one attached hydrogen (secondary N) is 1. The van der Waals surface area contributed by atoms with Crippen LogP contribution in [0.2, 0.25) is 0 Å². The monoisotopic (exact) mass is 394 g/mol. The summed E-state index contributed by atoms with van der Waals surface area (Å²) in [6.45, 7) is 7.38. The summed E-state index contributed by atoms with van der Waals surface area (Å²) in [7, 11) is 0. The van der Waals surface area contributed by atoms with Gasteiger partial charge in [-0.3, -0.25) is 0 Å². The molecule has 1 N–H and O–H groups in total. The molecule has 0 aromatic heterocycles. The molecule has 0 radical (unpaired) electrons. The Bertz CT molecular complexity index is 596. The summed E-state index contributed by atoms with van der Waals surface area (Å²) in [5, 5.41) is 3.63. The number of hydrogen-bond donors (Lipinski definition) is 1. The Morgan fingerprint density at radius 1 is 1.25 bits per heavy atom. The molecule has 1 saturated carbocycles. The molecule has 5 heteroatoms. The first-order chi connectivity index (χ1) is 11.3. The van der Waals surface area contributed by atoms with Gasteiger partial charge in [0.1, 0.15) is 5.60 Å². The van der Waals surface area contributed by atoms with E-state index in [2.05, 4.69) is 39.4 Å². The number of likely N-dealkylation sites (tertiary alicyclic amines) is 1. The first-order valence-corrected chi connectivity index (χ1v) is 9.55. The molecule has 1 aliphatic heterocycles. The van der Waals surface area contributed by atoms with Gasteiger partial charge in [-0.1, -0.05) is 12.1 Å². The van der Waals surface area contributed by atoms with Crippen molar-refractivity contribution in [1.29, 1.82) is 0 Å². The van der Waals surface area contributed by atoms with E-state index in [1.165, 1.54) is 18.5 Å². The van der Waals surface area contributed by atoms with Crippen molar-refractivity contribution in [3.63, 3.8) is 0 Å². The summed E-state index contributed by atoms with van der Waals surface area (Å²) in [4.78, 5) is 14.0. The third-order valence-electron chi connectivity index (χ3n) is 5.07. The third-order valence-corrected chi connectivity index (χ3v) is 5.76. The number of amides is 1. The van der Waals surface area contributed by atoms with Gasteiger partial charge in [-0.2, -0.15) is 0 Å².